The van der Waals surface area contributed by atoms with E-state index in [4.69, 9.17) is 11.6 Å². The lowest BCUT2D eigenvalue weighted by Gasteiger charge is -2.13. The number of rotatable bonds is 4. The van der Waals surface area contributed by atoms with Gasteiger partial charge in [-0.05, 0) is 24.3 Å². The summed E-state index contributed by atoms with van der Waals surface area (Å²) in [5, 5.41) is 12.9. The van der Waals surface area contributed by atoms with E-state index in [-0.39, 0.29) is 18.0 Å². The van der Waals surface area contributed by atoms with Gasteiger partial charge in [-0.15, -0.1) is 0 Å². The molecular formula is C15H13ClFNO2. The van der Waals surface area contributed by atoms with E-state index in [1.165, 1.54) is 24.3 Å². The van der Waals surface area contributed by atoms with Crippen molar-refractivity contribution in [2.24, 2.45) is 0 Å². The Morgan fingerprint density at radius 2 is 2.00 bits per heavy atom. The fourth-order valence-electron chi connectivity index (χ4n) is 1.78. The van der Waals surface area contributed by atoms with Gasteiger partial charge in [-0.25, -0.2) is 4.39 Å². The van der Waals surface area contributed by atoms with E-state index in [2.05, 4.69) is 5.32 Å². The molecule has 20 heavy (non-hydrogen) atoms. The van der Waals surface area contributed by atoms with Gasteiger partial charge in [0.05, 0.1) is 6.10 Å². The third-order valence-corrected chi connectivity index (χ3v) is 3.04. The van der Waals surface area contributed by atoms with Gasteiger partial charge in [-0.1, -0.05) is 35.9 Å². The summed E-state index contributed by atoms with van der Waals surface area (Å²) in [5.74, 6) is -0.875. The van der Waals surface area contributed by atoms with Crippen LogP contribution in [0.2, 0.25) is 5.02 Å². The van der Waals surface area contributed by atoms with E-state index in [0.717, 1.165) is 0 Å². The number of aliphatic hydroxyl groups excluding tert-OH is 1. The van der Waals surface area contributed by atoms with Crippen LogP contribution in [0.1, 0.15) is 22.0 Å². The van der Waals surface area contributed by atoms with Crippen LogP contribution in [-0.2, 0) is 0 Å². The minimum Gasteiger partial charge on any atom is -0.386 e. The van der Waals surface area contributed by atoms with Gasteiger partial charge in [-0.3, -0.25) is 4.79 Å². The third-order valence-electron chi connectivity index (χ3n) is 2.81. The van der Waals surface area contributed by atoms with Crippen LogP contribution >= 0.6 is 11.6 Å². The first-order valence-electron chi connectivity index (χ1n) is 6.04. The van der Waals surface area contributed by atoms with Crippen LogP contribution in [0.3, 0.4) is 0 Å². The van der Waals surface area contributed by atoms with Crippen molar-refractivity contribution in [3.63, 3.8) is 0 Å². The van der Waals surface area contributed by atoms with E-state index in [1.807, 2.05) is 0 Å². The van der Waals surface area contributed by atoms with Crippen LogP contribution in [0, 0.1) is 5.82 Å². The normalized spacial score (nSPS) is 11.9. The van der Waals surface area contributed by atoms with Crippen molar-refractivity contribution < 1.29 is 14.3 Å². The second kappa shape index (κ2) is 6.50. The Bertz CT molecular complexity index is 618. The SMILES string of the molecule is O=C(NCC(O)c1ccccc1F)c1cccc(Cl)c1. The van der Waals surface area contributed by atoms with E-state index < -0.39 is 11.9 Å². The van der Waals surface area contributed by atoms with E-state index in [1.54, 1.807) is 24.3 Å². The van der Waals surface area contributed by atoms with Gasteiger partial charge in [-0.2, -0.15) is 0 Å². The molecule has 2 N–H and O–H groups in total. The molecule has 0 spiro atoms. The van der Waals surface area contributed by atoms with E-state index >= 15 is 0 Å². The zero-order chi connectivity index (χ0) is 14.5. The number of hydrogen-bond acceptors (Lipinski definition) is 2. The fourth-order valence-corrected chi connectivity index (χ4v) is 1.97. The quantitative estimate of drug-likeness (QED) is 0.910. The molecule has 0 aliphatic heterocycles. The number of benzene rings is 2. The highest BCUT2D eigenvalue weighted by Gasteiger charge is 2.14. The Hall–Kier alpha value is -1.91. The second-order valence-corrected chi connectivity index (χ2v) is 4.69. The number of carbonyl (C=O) groups excluding carboxylic acids is 1. The molecule has 2 rings (SSSR count). The Morgan fingerprint density at radius 1 is 1.25 bits per heavy atom. The minimum atomic E-state index is -1.10. The standard InChI is InChI=1S/C15H13ClFNO2/c16-11-5-3-4-10(8-11)15(20)18-9-14(19)12-6-1-2-7-13(12)17/h1-8,14,19H,9H2,(H,18,20). The molecule has 2 aromatic rings. The van der Waals surface area contributed by atoms with Crippen molar-refractivity contribution in [1.82, 2.24) is 5.32 Å². The monoisotopic (exact) mass is 293 g/mol. The smallest absolute Gasteiger partial charge is 0.251 e. The lowest BCUT2D eigenvalue weighted by molar-refractivity contribution is 0.0914. The van der Waals surface area contributed by atoms with Crippen molar-refractivity contribution in [2.75, 3.05) is 6.54 Å². The number of nitrogens with one attached hydrogen (secondary N) is 1. The average molecular weight is 294 g/mol. The molecule has 0 aliphatic carbocycles. The first-order valence-corrected chi connectivity index (χ1v) is 6.42. The zero-order valence-electron chi connectivity index (χ0n) is 10.5. The summed E-state index contributed by atoms with van der Waals surface area (Å²) in [7, 11) is 0. The maximum Gasteiger partial charge on any atom is 0.251 e. The highest BCUT2D eigenvalue weighted by molar-refractivity contribution is 6.30. The topological polar surface area (TPSA) is 49.3 Å². The van der Waals surface area contributed by atoms with Crippen LogP contribution in [0.25, 0.3) is 0 Å². The molecule has 1 amide bonds. The molecule has 0 bridgehead atoms. The average Bonchev–Trinajstić information content (AvgIpc) is 2.45. The molecule has 5 heteroatoms. The van der Waals surface area contributed by atoms with Crippen molar-refractivity contribution in [1.29, 1.82) is 0 Å². The number of hydrogen-bond donors (Lipinski definition) is 2. The first kappa shape index (κ1) is 14.5. The second-order valence-electron chi connectivity index (χ2n) is 4.26. The van der Waals surface area contributed by atoms with Crippen molar-refractivity contribution >= 4 is 17.5 Å². The Balaban J connectivity index is 1.99. The molecular weight excluding hydrogens is 281 g/mol. The van der Waals surface area contributed by atoms with Crippen molar-refractivity contribution in [2.45, 2.75) is 6.10 Å². The summed E-state index contributed by atoms with van der Waals surface area (Å²) in [6.45, 7) is -0.0771. The minimum absolute atomic E-state index is 0.0771. The largest absolute Gasteiger partial charge is 0.386 e. The lowest BCUT2D eigenvalue weighted by Crippen LogP contribution is -2.28. The molecule has 104 valence electrons. The van der Waals surface area contributed by atoms with Gasteiger partial charge in [0.1, 0.15) is 5.82 Å². The maximum absolute atomic E-state index is 13.5. The van der Waals surface area contributed by atoms with E-state index in [0.29, 0.717) is 10.6 Å². The molecule has 0 saturated carbocycles. The molecule has 2 aromatic carbocycles. The molecule has 3 nitrogen and oxygen atoms in total. The maximum atomic E-state index is 13.5. The highest BCUT2D eigenvalue weighted by atomic mass is 35.5. The van der Waals surface area contributed by atoms with Crippen LogP contribution < -0.4 is 5.32 Å². The van der Waals surface area contributed by atoms with Gasteiger partial charge >= 0.3 is 0 Å². The summed E-state index contributed by atoms with van der Waals surface area (Å²) in [6.07, 6.45) is -1.10. The summed E-state index contributed by atoms with van der Waals surface area (Å²) in [6, 6.07) is 12.3. The highest BCUT2D eigenvalue weighted by Crippen LogP contribution is 2.16. The lowest BCUT2D eigenvalue weighted by atomic mass is 10.1. The molecule has 0 fully saturated rings. The van der Waals surface area contributed by atoms with Crippen molar-refractivity contribution in [3.05, 3.63) is 70.5 Å². The van der Waals surface area contributed by atoms with Gasteiger partial charge in [0.2, 0.25) is 0 Å². The summed E-state index contributed by atoms with van der Waals surface area (Å²) >= 11 is 5.79. The summed E-state index contributed by atoms with van der Waals surface area (Å²) in [5.41, 5.74) is 0.539. The van der Waals surface area contributed by atoms with Crippen LogP contribution in [0.5, 0.6) is 0 Å². The fraction of sp³-hybridized carbons (Fsp3) is 0.133. The molecule has 0 radical (unpaired) electrons. The molecule has 0 heterocycles. The first-order chi connectivity index (χ1) is 9.58. The van der Waals surface area contributed by atoms with Crippen LogP contribution in [0.15, 0.2) is 48.5 Å². The molecule has 1 unspecified atom stereocenters. The molecule has 0 aliphatic rings. The number of halogens is 2. The van der Waals surface area contributed by atoms with Crippen molar-refractivity contribution in [3.8, 4) is 0 Å². The molecule has 0 saturated heterocycles. The van der Waals surface area contributed by atoms with Gasteiger partial charge in [0.25, 0.3) is 5.91 Å². The zero-order valence-corrected chi connectivity index (χ0v) is 11.3. The number of aliphatic hydroxyl groups is 1. The third kappa shape index (κ3) is 3.56. The number of carbonyl (C=O) groups is 1. The molecule has 1 atom stereocenters. The number of amides is 1. The molecule has 0 aromatic heterocycles. The Morgan fingerprint density at radius 3 is 2.70 bits per heavy atom. The Kier molecular flexibility index (Phi) is 4.71. The van der Waals surface area contributed by atoms with Gasteiger partial charge < -0.3 is 10.4 Å². The predicted octanol–water partition coefficient (Wildman–Crippen LogP) is 2.94. The van der Waals surface area contributed by atoms with Gasteiger partial charge in [0, 0.05) is 22.7 Å². The Labute approximate surface area is 121 Å². The summed E-state index contributed by atoms with van der Waals surface area (Å²) < 4.78 is 13.5. The van der Waals surface area contributed by atoms with Crippen LogP contribution in [0.4, 0.5) is 4.39 Å². The predicted molar refractivity (Wildman–Crippen MR) is 75.1 cm³/mol. The van der Waals surface area contributed by atoms with Gasteiger partial charge in [0.15, 0.2) is 0 Å². The van der Waals surface area contributed by atoms with Crippen LogP contribution in [-0.4, -0.2) is 17.6 Å². The summed E-state index contributed by atoms with van der Waals surface area (Å²) in [4.78, 5) is 11.8. The van der Waals surface area contributed by atoms with E-state index in [9.17, 15) is 14.3 Å².